The van der Waals surface area contributed by atoms with E-state index in [-0.39, 0.29) is 6.54 Å². The number of carboxylic acid groups (broad SMARTS) is 1. The Morgan fingerprint density at radius 1 is 1.50 bits per heavy atom. The zero-order valence-corrected chi connectivity index (χ0v) is 10.9. The van der Waals surface area contributed by atoms with Gasteiger partial charge in [0.1, 0.15) is 17.9 Å². The fraction of sp³-hybridized carbons (Fsp3) is 0.222. The van der Waals surface area contributed by atoms with Gasteiger partial charge in [0.05, 0.1) is 11.1 Å². The first kappa shape index (κ1) is 12.5. The summed E-state index contributed by atoms with van der Waals surface area (Å²) >= 11 is 1.12. The summed E-state index contributed by atoms with van der Waals surface area (Å²) in [6.45, 7) is 1.44. The quantitative estimate of drug-likeness (QED) is 0.662. The summed E-state index contributed by atoms with van der Waals surface area (Å²) in [7, 11) is 0. The second-order valence-corrected chi connectivity index (χ2v) is 4.70. The number of aryl methyl sites for hydroxylation is 1. The minimum absolute atomic E-state index is 0.313. The summed E-state index contributed by atoms with van der Waals surface area (Å²) in [5.74, 6) is -1.03. The van der Waals surface area contributed by atoms with Crippen LogP contribution in [-0.4, -0.2) is 46.4 Å². The van der Waals surface area contributed by atoms with E-state index in [9.17, 15) is 4.79 Å². The van der Waals surface area contributed by atoms with Gasteiger partial charge < -0.3 is 9.63 Å². The summed E-state index contributed by atoms with van der Waals surface area (Å²) in [5, 5.41) is 25.0. The van der Waals surface area contributed by atoms with Gasteiger partial charge in [0.15, 0.2) is 0 Å². The molecule has 0 amide bonds. The van der Waals surface area contributed by atoms with Gasteiger partial charge >= 0.3 is 5.97 Å². The zero-order chi connectivity index (χ0) is 14.1. The predicted octanol–water partition coefficient (Wildman–Crippen LogP) is 0.149. The number of hydrogen-bond acceptors (Lipinski definition) is 9. The van der Waals surface area contributed by atoms with Gasteiger partial charge in [0, 0.05) is 0 Å². The smallest absolute Gasteiger partial charge is 0.325 e. The SMILES string of the molecule is Cc1noc2ncnc(Sc3nnnn3CC(=O)O)c12. The molecule has 0 aromatic carbocycles. The summed E-state index contributed by atoms with van der Waals surface area (Å²) < 4.78 is 6.21. The highest BCUT2D eigenvalue weighted by Crippen LogP contribution is 2.30. The summed E-state index contributed by atoms with van der Waals surface area (Å²) in [4.78, 5) is 18.8. The third-order valence-corrected chi connectivity index (χ3v) is 3.36. The summed E-state index contributed by atoms with van der Waals surface area (Å²) in [6.07, 6.45) is 1.33. The van der Waals surface area contributed by atoms with E-state index in [0.717, 1.165) is 11.8 Å². The third kappa shape index (κ3) is 2.18. The van der Waals surface area contributed by atoms with Crippen LogP contribution >= 0.6 is 11.8 Å². The highest BCUT2D eigenvalue weighted by Gasteiger charge is 2.17. The van der Waals surface area contributed by atoms with Crippen LogP contribution in [0.15, 0.2) is 21.0 Å². The lowest BCUT2D eigenvalue weighted by molar-refractivity contribution is -0.138. The Bertz CT molecular complexity index is 783. The Morgan fingerprint density at radius 3 is 3.15 bits per heavy atom. The molecule has 0 bridgehead atoms. The summed E-state index contributed by atoms with van der Waals surface area (Å²) in [5.41, 5.74) is 0.998. The van der Waals surface area contributed by atoms with Gasteiger partial charge in [-0.15, -0.1) is 5.10 Å². The molecule has 0 saturated heterocycles. The number of nitrogens with zero attached hydrogens (tertiary/aromatic N) is 7. The molecule has 3 aromatic rings. The second-order valence-electron chi connectivity index (χ2n) is 3.74. The van der Waals surface area contributed by atoms with Crippen molar-refractivity contribution in [2.75, 3.05) is 0 Å². The van der Waals surface area contributed by atoms with Crippen LogP contribution in [0.3, 0.4) is 0 Å². The van der Waals surface area contributed by atoms with E-state index in [1.807, 2.05) is 0 Å². The number of aromatic nitrogens is 7. The Balaban J connectivity index is 1.99. The fourth-order valence-corrected chi connectivity index (χ4v) is 2.44. The number of carboxylic acids is 1. The molecule has 3 aromatic heterocycles. The maximum atomic E-state index is 10.7. The van der Waals surface area contributed by atoms with Crippen molar-refractivity contribution in [3.8, 4) is 0 Å². The molecule has 0 aliphatic heterocycles. The number of carbonyl (C=O) groups is 1. The Hall–Kier alpha value is -2.56. The molecule has 10 nitrogen and oxygen atoms in total. The number of tetrazole rings is 1. The van der Waals surface area contributed by atoms with Crippen LogP contribution in [0.5, 0.6) is 0 Å². The van der Waals surface area contributed by atoms with Crippen LogP contribution in [0.1, 0.15) is 5.69 Å². The largest absolute Gasteiger partial charge is 0.480 e. The number of fused-ring (bicyclic) bond motifs is 1. The lowest BCUT2D eigenvalue weighted by atomic mass is 10.3. The average Bonchev–Trinajstić information content (AvgIpc) is 2.98. The topological polar surface area (TPSA) is 133 Å². The number of hydrogen-bond donors (Lipinski definition) is 1. The van der Waals surface area contributed by atoms with Crippen molar-refractivity contribution in [3.63, 3.8) is 0 Å². The molecular weight excluding hydrogens is 286 g/mol. The van der Waals surface area contributed by atoms with Crippen molar-refractivity contribution in [1.82, 2.24) is 35.3 Å². The van der Waals surface area contributed by atoms with Crippen molar-refractivity contribution in [2.45, 2.75) is 23.7 Å². The average molecular weight is 293 g/mol. The van der Waals surface area contributed by atoms with E-state index >= 15 is 0 Å². The van der Waals surface area contributed by atoms with Crippen molar-refractivity contribution in [1.29, 1.82) is 0 Å². The van der Waals surface area contributed by atoms with E-state index in [1.165, 1.54) is 11.0 Å². The molecule has 20 heavy (non-hydrogen) atoms. The standard InChI is InChI=1S/C9H7N7O3S/c1-4-6-7(19-13-4)10-3-11-8(6)20-9-12-14-15-16(9)2-5(17)18/h3H,2H2,1H3,(H,17,18). The van der Waals surface area contributed by atoms with Gasteiger partial charge in [-0.25, -0.2) is 9.67 Å². The minimum Gasteiger partial charge on any atom is -0.480 e. The van der Waals surface area contributed by atoms with Crippen LogP contribution in [-0.2, 0) is 11.3 Å². The van der Waals surface area contributed by atoms with E-state index in [0.29, 0.717) is 27.0 Å². The van der Waals surface area contributed by atoms with Gasteiger partial charge in [0.2, 0.25) is 5.16 Å². The molecule has 0 atom stereocenters. The lowest BCUT2D eigenvalue weighted by Gasteiger charge is -2.01. The van der Waals surface area contributed by atoms with E-state index < -0.39 is 5.97 Å². The Kier molecular flexibility index (Phi) is 3.02. The molecule has 0 saturated carbocycles. The van der Waals surface area contributed by atoms with Gasteiger partial charge in [-0.2, -0.15) is 4.98 Å². The maximum absolute atomic E-state index is 10.7. The Labute approximate surface area is 115 Å². The van der Waals surface area contributed by atoms with Crippen LogP contribution in [0, 0.1) is 6.92 Å². The molecule has 0 fully saturated rings. The molecule has 102 valence electrons. The number of rotatable bonds is 4. The first-order valence-electron chi connectivity index (χ1n) is 5.38. The van der Waals surface area contributed by atoms with Crippen molar-refractivity contribution >= 4 is 28.8 Å². The van der Waals surface area contributed by atoms with Crippen LogP contribution in [0.2, 0.25) is 0 Å². The molecule has 3 rings (SSSR count). The molecule has 0 unspecified atom stereocenters. The molecule has 0 aliphatic rings. The predicted molar refractivity (Wildman–Crippen MR) is 63.9 cm³/mol. The molecule has 1 N–H and O–H groups in total. The van der Waals surface area contributed by atoms with E-state index in [2.05, 4.69) is 30.7 Å². The highest BCUT2D eigenvalue weighted by molar-refractivity contribution is 7.99. The van der Waals surface area contributed by atoms with Gasteiger partial charge in [-0.3, -0.25) is 4.79 Å². The maximum Gasteiger partial charge on any atom is 0.325 e. The lowest BCUT2D eigenvalue weighted by Crippen LogP contribution is -2.11. The van der Waals surface area contributed by atoms with E-state index in [1.54, 1.807) is 6.92 Å². The van der Waals surface area contributed by atoms with Crippen LogP contribution in [0.25, 0.3) is 11.1 Å². The van der Waals surface area contributed by atoms with Gasteiger partial charge in [-0.05, 0) is 29.1 Å². The van der Waals surface area contributed by atoms with E-state index in [4.69, 9.17) is 9.63 Å². The second kappa shape index (κ2) is 4.85. The van der Waals surface area contributed by atoms with Crippen LogP contribution in [0.4, 0.5) is 0 Å². The van der Waals surface area contributed by atoms with Crippen molar-refractivity contribution < 1.29 is 14.4 Å². The minimum atomic E-state index is -1.03. The van der Waals surface area contributed by atoms with Crippen molar-refractivity contribution in [2.24, 2.45) is 0 Å². The summed E-state index contributed by atoms with van der Waals surface area (Å²) in [6, 6.07) is 0. The zero-order valence-electron chi connectivity index (χ0n) is 10.1. The fourth-order valence-electron chi connectivity index (χ4n) is 1.55. The molecular formula is C9H7N7O3S. The van der Waals surface area contributed by atoms with Gasteiger partial charge in [0.25, 0.3) is 5.71 Å². The molecule has 3 heterocycles. The third-order valence-electron chi connectivity index (χ3n) is 2.38. The molecule has 11 heteroatoms. The monoisotopic (exact) mass is 293 g/mol. The van der Waals surface area contributed by atoms with Crippen LogP contribution < -0.4 is 0 Å². The molecule has 0 radical (unpaired) electrons. The first-order valence-corrected chi connectivity index (χ1v) is 6.19. The normalized spacial score (nSPS) is 11.1. The molecule has 0 aliphatic carbocycles. The molecule has 0 spiro atoms. The van der Waals surface area contributed by atoms with Crippen molar-refractivity contribution in [3.05, 3.63) is 12.0 Å². The Morgan fingerprint density at radius 2 is 2.35 bits per heavy atom. The van der Waals surface area contributed by atoms with Gasteiger partial charge in [-0.1, -0.05) is 5.16 Å². The number of aliphatic carboxylic acids is 1. The highest BCUT2D eigenvalue weighted by atomic mass is 32.2. The first-order chi connectivity index (χ1) is 9.65.